The quantitative estimate of drug-likeness (QED) is 0.711. The third-order valence-electron chi connectivity index (χ3n) is 2.75. The molecule has 0 amide bonds. The summed E-state index contributed by atoms with van der Waals surface area (Å²) in [4.78, 5) is 12.7. The molecule has 1 aromatic carbocycles. The summed E-state index contributed by atoms with van der Waals surface area (Å²) in [6.07, 6.45) is 0.962. The average molecular weight is 281 g/mol. The summed E-state index contributed by atoms with van der Waals surface area (Å²) in [5.41, 5.74) is 1.04. The number of carboxylic acid groups (broad SMARTS) is 1. The fourth-order valence-electron chi connectivity index (χ4n) is 1.84. The van der Waals surface area contributed by atoms with Crippen molar-refractivity contribution >= 4 is 5.97 Å². The summed E-state index contributed by atoms with van der Waals surface area (Å²) < 4.78 is 10.6. The number of nitrogens with zero attached hydrogens (tertiary/aromatic N) is 1. The largest absolute Gasteiger partial charge is 0.494 e. The molecule has 0 fully saturated rings. The molecule has 0 aliphatic heterocycles. The normalized spacial score (nSPS) is 10.8. The lowest BCUT2D eigenvalue weighted by Crippen LogP contribution is -2.32. The van der Waals surface area contributed by atoms with Crippen LogP contribution in [0.4, 0.5) is 0 Å². The second-order valence-corrected chi connectivity index (χ2v) is 4.59. The van der Waals surface area contributed by atoms with Crippen LogP contribution in [0.15, 0.2) is 24.3 Å². The number of hydrogen-bond acceptors (Lipinski definition) is 4. The molecule has 1 aromatic rings. The summed E-state index contributed by atoms with van der Waals surface area (Å²) in [5.74, 6) is -0.00847. The molecule has 5 heteroatoms. The van der Waals surface area contributed by atoms with Crippen molar-refractivity contribution in [2.24, 2.45) is 0 Å². The fourth-order valence-corrected chi connectivity index (χ4v) is 1.84. The first-order valence-corrected chi connectivity index (χ1v) is 6.80. The number of methoxy groups -OCH3 is 1. The van der Waals surface area contributed by atoms with Crippen LogP contribution in [0.2, 0.25) is 0 Å². The molecular formula is C15H23NO4. The van der Waals surface area contributed by atoms with Gasteiger partial charge in [-0.3, -0.25) is 9.69 Å². The molecule has 0 atom stereocenters. The van der Waals surface area contributed by atoms with Crippen molar-refractivity contribution in [3.8, 4) is 5.75 Å². The van der Waals surface area contributed by atoms with Crippen LogP contribution < -0.4 is 4.74 Å². The summed E-state index contributed by atoms with van der Waals surface area (Å²) in [6, 6.07) is 7.77. The highest BCUT2D eigenvalue weighted by Crippen LogP contribution is 2.15. The maximum atomic E-state index is 10.9. The molecule has 112 valence electrons. The monoisotopic (exact) mass is 281 g/mol. The van der Waals surface area contributed by atoms with Crippen LogP contribution in [0.3, 0.4) is 0 Å². The predicted molar refractivity (Wildman–Crippen MR) is 77.0 cm³/mol. The van der Waals surface area contributed by atoms with Crippen molar-refractivity contribution < 1.29 is 19.4 Å². The predicted octanol–water partition coefficient (Wildman–Crippen LogP) is 2.01. The van der Waals surface area contributed by atoms with E-state index in [1.807, 2.05) is 29.2 Å². The molecule has 0 bridgehead atoms. The van der Waals surface area contributed by atoms with Crippen molar-refractivity contribution in [3.05, 3.63) is 29.8 Å². The third-order valence-corrected chi connectivity index (χ3v) is 2.75. The Morgan fingerprint density at radius 2 is 2.15 bits per heavy atom. The van der Waals surface area contributed by atoms with E-state index in [9.17, 15) is 4.79 Å². The number of hydrogen-bond donors (Lipinski definition) is 1. The number of carbonyl (C=O) groups is 1. The summed E-state index contributed by atoms with van der Waals surface area (Å²) in [7, 11) is 1.61. The van der Waals surface area contributed by atoms with E-state index in [0.717, 1.165) is 17.7 Å². The first-order valence-electron chi connectivity index (χ1n) is 6.80. The van der Waals surface area contributed by atoms with Gasteiger partial charge in [-0.2, -0.15) is 0 Å². The molecule has 0 radical (unpaired) electrons. The summed E-state index contributed by atoms with van der Waals surface area (Å²) in [5, 5.41) is 8.92. The lowest BCUT2D eigenvalue weighted by atomic mass is 10.2. The lowest BCUT2D eigenvalue weighted by Gasteiger charge is -2.20. The van der Waals surface area contributed by atoms with Crippen LogP contribution >= 0.6 is 0 Å². The molecule has 0 aliphatic rings. The van der Waals surface area contributed by atoms with E-state index >= 15 is 0 Å². The lowest BCUT2D eigenvalue weighted by molar-refractivity contribution is -0.138. The Kier molecular flexibility index (Phi) is 7.69. The molecular weight excluding hydrogens is 258 g/mol. The van der Waals surface area contributed by atoms with Crippen molar-refractivity contribution in [1.29, 1.82) is 0 Å². The minimum Gasteiger partial charge on any atom is -0.494 e. The van der Waals surface area contributed by atoms with E-state index in [1.54, 1.807) is 7.11 Å². The summed E-state index contributed by atoms with van der Waals surface area (Å²) >= 11 is 0. The molecule has 0 saturated heterocycles. The maximum Gasteiger partial charge on any atom is 0.317 e. The Morgan fingerprint density at radius 3 is 2.80 bits per heavy atom. The van der Waals surface area contributed by atoms with E-state index in [-0.39, 0.29) is 6.54 Å². The van der Waals surface area contributed by atoms with Gasteiger partial charge in [0.2, 0.25) is 0 Å². The zero-order chi connectivity index (χ0) is 14.8. The second kappa shape index (κ2) is 9.34. The highest BCUT2D eigenvalue weighted by Gasteiger charge is 2.10. The molecule has 20 heavy (non-hydrogen) atoms. The summed E-state index contributed by atoms with van der Waals surface area (Å²) in [6.45, 7) is 4.42. The molecule has 0 spiro atoms. The zero-order valence-electron chi connectivity index (χ0n) is 12.2. The van der Waals surface area contributed by atoms with Crippen molar-refractivity contribution in [3.63, 3.8) is 0 Å². The molecule has 0 saturated carbocycles. The van der Waals surface area contributed by atoms with Gasteiger partial charge in [0.1, 0.15) is 5.75 Å². The smallest absolute Gasteiger partial charge is 0.317 e. The minimum absolute atomic E-state index is 0.00338. The number of carboxylic acids is 1. The number of rotatable bonds is 10. The van der Waals surface area contributed by atoms with Gasteiger partial charge in [-0.05, 0) is 24.1 Å². The van der Waals surface area contributed by atoms with Crippen molar-refractivity contribution in [1.82, 2.24) is 4.90 Å². The van der Waals surface area contributed by atoms with Gasteiger partial charge in [-0.25, -0.2) is 0 Å². The van der Waals surface area contributed by atoms with Gasteiger partial charge in [0, 0.05) is 20.2 Å². The third kappa shape index (κ3) is 6.54. The van der Waals surface area contributed by atoms with Gasteiger partial charge in [-0.1, -0.05) is 19.1 Å². The first kappa shape index (κ1) is 16.5. The molecule has 0 heterocycles. The minimum atomic E-state index is -0.834. The molecule has 1 N–H and O–H groups in total. The van der Waals surface area contributed by atoms with Crippen LogP contribution in [0.5, 0.6) is 5.75 Å². The topological polar surface area (TPSA) is 59.0 Å². The van der Waals surface area contributed by atoms with Gasteiger partial charge in [-0.15, -0.1) is 0 Å². The molecule has 1 rings (SSSR count). The standard InChI is InChI=1S/C15H23NO4/c1-3-8-20-14-6-4-5-13(10-14)11-16(7-9-19-2)12-15(17)18/h4-6,10H,3,7-9,11-12H2,1-2H3,(H,17,18). The first-order chi connectivity index (χ1) is 9.65. The van der Waals surface area contributed by atoms with Crippen molar-refractivity contribution in [2.45, 2.75) is 19.9 Å². The van der Waals surface area contributed by atoms with Gasteiger partial charge in [0.05, 0.1) is 19.8 Å². The number of aliphatic carboxylic acids is 1. The average Bonchev–Trinajstić information content (AvgIpc) is 2.42. The Balaban J connectivity index is 2.63. The zero-order valence-corrected chi connectivity index (χ0v) is 12.2. The van der Waals surface area contributed by atoms with Crippen LogP contribution in [0.25, 0.3) is 0 Å². The Bertz CT molecular complexity index is 409. The van der Waals surface area contributed by atoms with E-state index < -0.39 is 5.97 Å². The van der Waals surface area contributed by atoms with E-state index in [1.165, 1.54) is 0 Å². The number of benzene rings is 1. The van der Waals surface area contributed by atoms with E-state index in [0.29, 0.717) is 26.3 Å². The van der Waals surface area contributed by atoms with E-state index in [4.69, 9.17) is 14.6 Å². The molecule has 5 nitrogen and oxygen atoms in total. The van der Waals surface area contributed by atoms with Gasteiger partial charge >= 0.3 is 5.97 Å². The van der Waals surface area contributed by atoms with E-state index in [2.05, 4.69) is 6.92 Å². The van der Waals surface area contributed by atoms with Crippen LogP contribution in [-0.2, 0) is 16.1 Å². The molecule has 0 aromatic heterocycles. The SMILES string of the molecule is CCCOc1cccc(CN(CCOC)CC(=O)O)c1. The molecule has 0 aliphatic carbocycles. The van der Waals surface area contributed by atoms with Crippen LogP contribution in [-0.4, -0.2) is 49.4 Å². The number of ether oxygens (including phenoxy) is 2. The highest BCUT2D eigenvalue weighted by molar-refractivity contribution is 5.69. The fraction of sp³-hybridized carbons (Fsp3) is 0.533. The van der Waals surface area contributed by atoms with Crippen LogP contribution in [0, 0.1) is 0 Å². The highest BCUT2D eigenvalue weighted by atomic mass is 16.5. The maximum absolute atomic E-state index is 10.9. The Hall–Kier alpha value is -1.59. The van der Waals surface area contributed by atoms with Gasteiger partial charge < -0.3 is 14.6 Å². The van der Waals surface area contributed by atoms with Gasteiger partial charge in [0.25, 0.3) is 0 Å². The second-order valence-electron chi connectivity index (χ2n) is 4.59. The Labute approximate surface area is 120 Å². The van der Waals surface area contributed by atoms with Crippen molar-refractivity contribution in [2.75, 3.05) is 33.4 Å². The Morgan fingerprint density at radius 1 is 1.35 bits per heavy atom. The molecule has 0 unspecified atom stereocenters. The van der Waals surface area contributed by atoms with Crippen LogP contribution in [0.1, 0.15) is 18.9 Å². The van der Waals surface area contributed by atoms with Gasteiger partial charge in [0.15, 0.2) is 0 Å².